The van der Waals surface area contributed by atoms with Crippen molar-refractivity contribution in [1.29, 1.82) is 0 Å². The molecule has 0 spiro atoms. The topological polar surface area (TPSA) is 27.7 Å². The van der Waals surface area contributed by atoms with Crippen LogP contribution < -0.4 is 9.47 Å². The smallest absolute Gasteiger partial charge is 0.321 e. The van der Waals surface area contributed by atoms with E-state index in [0.29, 0.717) is 22.5 Å². The normalized spacial score (nSPS) is 13.5. The number of hydrogen-bond donors (Lipinski definition) is 0. The van der Waals surface area contributed by atoms with Gasteiger partial charge in [-0.1, -0.05) is 17.7 Å². The molecule has 0 saturated heterocycles. The maximum atomic E-state index is 5.88. The van der Waals surface area contributed by atoms with E-state index in [0.717, 1.165) is 0 Å². The highest BCUT2D eigenvalue weighted by Crippen LogP contribution is 2.38. The molecule has 0 saturated carbocycles. The number of fused-ring (bicyclic) bond motifs is 1. The van der Waals surface area contributed by atoms with E-state index < -0.39 is 0 Å². The Balaban J connectivity index is 2.39. The molecule has 13 heavy (non-hydrogen) atoms. The van der Waals surface area contributed by atoms with Gasteiger partial charge in [-0.2, -0.15) is 0 Å². The van der Waals surface area contributed by atoms with Gasteiger partial charge in [-0.25, -0.2) is 0 Å². The van der Waals surface area contributed by atoms with Gasteiger partial charge < -0.3 is 14.2 Å². The molecule has 3 nitrogen and oxygen atoms in total. The van der Waals surface area contributed by atoms with Crippen LogP contribution in [0.4, 0.5) is 0 Å². The number of rotatable bonds is 1. The van der Waals surface area contributed by atoms with Crippen LogP contribution in [0.15, 0.2) is 30.4 Å². The Hall–Kier alpha value is -1.35. The number of benzene rings is 1. The molecule has 1 aliphatic rings. The molecule has 1 aromatic rings. The van der Waals surface area contributed by atoms with Crippen LogP contribution in [-0.4, -0.2) is 7.11 Å². The van der Waals surface area contributed by atoms with E-state index in [2.05, 4.69) is 0 Å². The number of methoxy groups -OCH3 is 1. The molecule has 0 aromatic heterocycles. The molecule has 1 aliphatic heterocycles. The van der Waals surface area contributed by atoms with Crippen LogP contribution >= 0.6 is 11.6 Å². The van der Waals surface area contributed by atoms with Crippen molar-refractivity contribution in [1.82, 2.24) is 0 Å². The zero-order valence-corrected chi connectivity index (χ0v) is 7.67. The van der Waals surface area contributed by atoms with Crippen molar-refractivity contribution in [2.75, 3.05) is 7.11 Å². The summed E-state index contributed by atoms with van der Waals surface area (Å²) in [5, 5.41) is 0.500. The molecule has 0 unspecified atom stereocenters. The van der Waals surface area contributed by atoms with Crippen LogP contribution in [0.3, 0.4) is 0 Å². The largest absolute Gasteiger partial charge is 0.466 e. The molecule has 0 atom stereocenters. The molecule has 1 aromatic carbocycles. The van der Waals surface area contributed by atoms with Crippen LogP contribution in [0.5, 0.6) is 11.5 Å². The predicted molar refractivity (Wildman–Crippen MR) is 47.8 cm³/mol. The van der Waals surface area contributed by atoms with Crippen molar-refractivity contribution in [3.05, 3.63) is 35.4 Å². The highest BCUT2D eigenvalue weighted by Gasteiger charge is 2.16. The van der Waals surface area contributed by atoms with E-state index in [-0.39, 0.29) is 0 Å². The molecule has 0 amide bonds. The Morgan fingerprint density at radius 2 is 2.23 bits per heavy atom. The number of para-hydroxylation sites is 1. The van der Waals surface area contributed by atoms with Gasteiger partial charge in [0.2, 0.25) is 0 Å². The van der Waals surface area contributed by atoms with E-state index in [1.54, 1.807) is 18.2 Å². The first-order valence-corrected chi connectivity index (χ1v) is 4.06. The lowest BCUT2D eigenvalue weighted by Crippen LogP contribution is -2.06. The van der Waals surface area contributed by atoms with Crippen LogP contribution in [0.1, 0.15) is 0 Å². The maximum absolute atomic E-state index is 5.88. The minimum Gasteiger partial charge on any atom is -0.466 e. The van der Waals surface area contributed by atoms with E-state index in [4.69, 9.17) is 25.8 Å². The maximum Gasteiger partial charge on any atom is 0.321 e. The number of halogens is 1. The molecular formula is C9H7ClO3. The second kappa shape index (κ2) is 3.18. The van der Waals surface area contributed by atoms with Gasteiger partial charge in [0.05, 0.1) is 12.1 Å². The minimum absolute atomic E-state index is 0.292. The lowest BCUT2D eigenvalue weighted by atomic mass is 10.3. The van der Waals surface area contributed by atoms with Crippen LogP contribution in [-0.2, 0) is 4.74 Å². The van der Waals surface area contributed by atoms with Crippen LogP contribution in [0.2, 0.25) is 5.02 Å². The summed E-state index contributed by atoms with van der Waals surface area (Å²) in [6.45, 7) is 0. The van der Waals surface area contributed by atoms with Crippen molar-refractivity contribution < 1.29 is 14.2 Å². The Labute approximate surface area is 80.5 Å². The van der Waals surface area contributed by atoms with Crippen molar-refractivity contribution >= 4 is 11.6 Å². The van der Waals surface area contributed by atoms with Crippen molar-refractivity contribution in [2.24, 2.45) is 0 Å². The summed E-state index contributed by atoms with van der Waals surface area (Å²) in [7, 11) is 1.50. The molecule has 4 heteroatoms. The second-order valence-corrected chi connectivity index (χ2v) is 2.84. The third-order valence-corrected chi connectivity index (χ3v) is 1.91. The molecule has 68 valence electrons. The Morgan fingerprint density at radius 1 is 1.38 bits per heavy atom. The molecule has 1 heterocycles. The molecule has 0 N–H and O–H groups in total. The summed E-state index contributed by atoms with van der Waals surface area (Å²) in [5.74, 6) is 1.37. The Kier molecular flexibility index (Phi) is 2.02. The summed E-state index contributed by atoms with van der Waals surface area (Å²) in [6.07, 6.45) is 1.39. The van der Waals surface area contributed by atoms with Crippen molar-refractivity contribution in [3.63, 3.8) is 0 Å². The fourth-order valence-corrected chi connectivity index (χ4v) is 1.21. The van der Waals surface area contributed by atoms with Gasteiger partial charge in [0.25, 0.3) is 0 Å². The second-order valence-electron chi connectivity index (χ2n) is 2.43. The fraction of sp³-hybridized carbons (Fsp3) is 0.111. The summed E-state index contributed by atoms with van der Waals surface area (Å²) < 4.78 is 15.4. The monoisotopic (exact) mass is 198 g/mol. The lowest BCUT2D eigenvalue weighted by Gasteiger charge is -2.17. The number of hydrogen-bond acceptors (Lipinski definition) is 3. The summed E-state index contributed by atoms with van der Waals surface area (Å²) >= 11 is 5.88. The average Bonchev–Trinajstić information content (AvgIpc) is 2.18. The average molecular weight is 199 g/mol. The standard InChI is InChI=1S/C9H7ClO3/c1-11-8-5-12-7-4-2-3-6(10)9(7)13-8/h2-5H,1H3. The van der Waals surface area contributed by atoms with Crippen LogP contribution in [0, 0.1) is 0 Å². The van der Waals surface area contributed by atoms with Gasteiger partial charge >= 0.3 is 5.95 Å². The molecule has 0 aliphatic carbocycles. The third kappa shape index (κ3) is 1.42. The fourth-order valence-electron chi connectivity index (χ4n) is 1.01. The highest BCUT2D eigenvalue weighted by atomic mass is 35.5. The summed E-state index contributed by atoms with van der Waals surface area (Å²) in [4.78, 5) is 0. The van der Waals surface area contributed by atoms with Crippen LogP contribution in [0.25, 0.3) is 0 Å². The van der Waals surface area contributed by atoms with Gasteiger partial charge in [-0.3, -0.25) is 0 Å². The van der Waals surface area contributed by atoms with E-state index in [9.17, 15) is 0 Å². The molecule has 0 radical (unpaired) electrons. The third-order valence-electron chi connectivity index (χ3n) is 1.62. The summed E-state index contributed by atoms with van der Waals surface area (Å²) in [6, 6.07) is 5.28. The number of ether oxygens (including phenoxy) is 3. The first kappa shape index (κ1) is 8.26. The van der Waals surface area contributed by atoms with Crippen molar-refractivity contribution in [3.8, 4) is 11.5 Å². The first-order valence-electron chi connectivity index (χ1n) is 3.68. The Morgan fingerprint density at radius 3 is 3.00 bits per heavy atom. The Bertz CT molecular complexity index is 360. The first-order chi connectivity index (χ1) is 6.31. The molecule has 2 rings (SSSR count). The van der Waals surface area contributed by atoms with Crippen molar-refractivity contribution in [2.45, 2.75) is 0 Å². The minimum atomic E-state index is 0.292. The molecule has 0 fully saturated rings. The zero-order chi connectivity index (χ0) is 9.26. The zero-order valence-electron chi connectivity index (χ0n) is 6.91. The van der Waals surface area contributed by atoms with E-state index >= 15 is 0 Å². The highest BCUT2D eigenvalue weighted by molar-refractivity contribution is 6.32. The van der Waals surface area contributed by atoms with E-state index in [1.807, 2.05) is 0 Å². The van der Waals surface area contributed by atoms with Gasteiger partial charge in [-0.05, 0) is 12.1 Å². The quantitative estimate of drug-likeness (QED) is 0.694. The summed E-state index contributed by atoms with van der Waals surface area (Å²) in [5.41, 5.74) is 0. The predicted octanol–water partition coefficient (Wildman–Crippen LogP) is 2.56. The van der Waals surface area contributed by atoms with Gasteiger partial charge in [0.1, 0.15) is 0 Å². The molecule has 0 bridgehead atoms. The lowest BCUT2D eigenvalue weighted by molar-refractivity contribution is 0.124. The van der Waals surface area contributed by atoms with E-state index in [1.165, 1.54) is 13.4 Å². The van der Waals surface area contributed by atoms with Gasteiger partial charge in [0, 0.05) is 0 Å². The van der Waals surface area contributed by atoms with Gasteiger partial charge in [-0.15, -0.1) is 0 Å². The van der Waals surface area contributed by atoms with Gasteiger partial charge in [0.15, 0.2) is 17.8 Å². The SMILES string of the molecule is COC1=COc2cccc(Cl)c2O1. The molecular weight excluding hydrogens is 192 g/mol.